The number of rotatable bonds is 4. The highest BCUT2D eigenvalue weighted by Gasteiger charge is 2.10. The molecule has 0 aliphatic rings. The van der Waals surface area contributed by atoms with Crippen molar-refractivity contribution < 1.29 is 24.1 Å². The second kappa shape index (κ2) is 5.21. The van der Waals surface area contributed by atoms with E-state index in [4.69, 9.17) is 14.6 Å². The fourth-order valence-corrected chi connectivity index (χ4v) is 1.10. The molecular weight excluding hydrogens is 200 g/mol. The maximum atomic E-state index is 11.2. The molecule has 0 unspecified atom stereocenters. The van der Waals surface area contributed by atoms with Crippen LogP contribution in [-0.4, -0.2) is 32.1 Å². The maximum Gasteiger partial charge on any atom is 0.337 e. The predicted molar refractivity (Wildman–Crippen MR) is 52.0 cm³/mol. The van der Waals surface area contributed by atoms with Gasteiger partial charge in [-0.1, -0.05) is 0 Å². The van der Waals surface area contributed by atoms with Gasteiger partial charge >= 0.3 is 5.97 Å². The Balaban J connectivity index is 3.04. The zero-order valence-corrected chi connectivity index (χ0v) is 8.52. The normalized spacial score (nSPS) is 9.53. The number of aliphatic hydroxyl groups excluding tert-OH is 1. The van der Waals surface area contributed by atoms with Crippen molar-refractivity contribution in [2.75, 3.05) is 21.0 Å². The molecule has 15 heavy (non-hydrogen) atoms. The lowest BCUT2D eigenvalue weighted by atomic mass is 10.2. The number of methoxy groups -OCH3 is 2. The minimum atomic E-state index is -0.485. The second-order valence-corrected chi connectivity index (χ2v) is 2.63. The van der Waals surface area contributed by atoms with Crippen LogP contribution in [0.4, 0.5) is 0 Å². The molecule has 0 aliphatic carbocycles. The van der Waals surface area contributed by atoms with Crippen LogP contribution in [0.5, 0.6) is 11.5 Å². The largest absolute Gasteiger partial charge is 0.493 e. The highest BCUT2D eigenvalue weighted by molar-refractivity contribution is 5.90. The van der Waals surface area contributed by atoms with Gasteiger partial charge in [0.2, 0.25) is 0 Å². The number of carbonyl (C=O) groups excluding carboxylic acids is 1. The van der Waals surface area contributed by atoms with Crippen molar-refractivity contribution in [2.24, 2.45) is 0 Å². The van der Waals surface area contributed by atoms with Gasteiger partial charge in [0.1, 0.15) is 0 Å². The third-order valence-electron chi connectivity index (χ3n) is 1.80. The topological polar surface area (TPSA) is 65.0 Å². The molecule has 1 aromatic carbocycles. The minimum Gasteiger partial charge on any atom is -0.493 e. The molecule has 0 aliphatic heterocycles. The van der Waals surface area contributed by atoms with Crippen LogP contribution in [0.25, 0.3) is 0 Å². The SMILES string of the molecule is COC(=O)c1ccc(OC)c(OCO)c1. The van der Waals surface area contributed by atoms with E-state index in [9.17, 15) is 4.79 Å². The number of hydrogen-bond donors (Lipinski definition) is 1. The molecule has 0 heterocycles. The summed E-state index contributed by atoms with van der Waals surface area (Å²) >= 11 is 0. The third-order valence-corrected chi connectivity index (χ3v) is 1.80. The predicted octanol–water partition coefficient (Wildman–Crippen LogP) is 0.810. The number of esters is 1. The third kappa shape index (κ3) is 2.60. The van der Waals surface area contributed by atoms with Gasteiger partial charge in [0, 0.05) is 0 Å². The van der Waals surface area contributed by atoms with Gasteiger partial charge in [-0.15, -0.1) is 0 Å². The molecule has 1 N–H and O–H groups in total. The van der Waals surface area contributed by atoms with Crippen molar-refractivity contribution in [2.45, 2.75) is 0 Å². The first kappa shape index (κ1) is 11.3. The minimum absolute atomic E-state index is 0.294. The van der Waals surface area contributed by atoms with Gasteiger partial charge in [-0.25, -0.2) is 4.79 Å². The summed E-state index contributed by atoms with van der Waals surface area (Å²) < 4.78 is 14.4. The van der Waals surface area contributed by atoms with Crippen LogP contribution >= 0.6 is 0 Å². The van der Waals surface area contributed by atoms with Crippen molar-refractivity contribution in [1.82, 2.24) is 0 Å². The molecule has 0 saturated carbocycles. The van der Waals surface area contributed by atoms with Crippen LogP contribution in [0.15, 0.2) is 18.2 Å². The van der Waals surface area contributed by atoms with Crippen molar-refractivity contribution in [3.8, 4) is 11.5 Å². The van der Waals surface area contributed by atoms with Crippen molar-refractivity contribution in [3.63, 3.8) is 0 Å². The van der Waals surface area contributed by atoms with E-state index < -0.39 is 12.8 Å². The number of benzene rings is 1. The van der Waals surface area contributed by atoms with E-state index in [1.165, 1.54) is 20.3 Å². The smallest absolute Gasteiger partial charge is 0.337 e. The molecular formula is C10H12O5. The Morgan fingerprint density at radius 2 is 2.07 bits per heavy atom. The maximum absolute atomic E-state index is 11.2. The Bertz CT molecular complexity index is 348. The summed E-state index contributed by atoms with van der Waals surface area (Å²) in [4.78, 5) is 11.2. The van der Waals surface area contributed by atoms with E-state index in [1.54, 1.807) is 12.1 Å². The van der Waals surface area contributed by atoms with Crippen molar-refractivity contribution in [1.29, 1.82) is 0 Å². The Labute approximate surface area is 87.2 Å². The number of carbonyl (C=O) groups is 1. The molecule has 0 spiro atoms. The quantitative estimate of drug-likeness (QED) is 0.591. The molecule has 5 heteroatoms. The molecule has 0 fully saturated rings. The molecule has 0 bridgehead atoms. The zero-order valence-electron chi connectivity index (χ0n) is 8.52. The van der Waals surface area contributed by atoms with Gasteiger partial charge in [-0.05, 0) is 18.2 Å². The summed E-state index contributed by atoms with van der Waals surface area (Å²) in [5.41, 5.74) is 0.335. The average molecular weight is 212 g/mol. The lowest BCUT2D eigenvalue weighted by Gasteiger charge is -2.09. The Hall–Kier alpha value is -1.75. The summed E-state index contributed by atoms with van der Waals surface area (Å²) in [5, 5.41) is 8.63. The molecule has 1 aromatic rings. The molecule has 5 nitrogen and oxygen atoms in total. The Morgan fingerprint density at radius 1 is 1.33 bits per heavy atom. The standard InChI is InChI=1S/C10H12O5/c1-13-8-4-3-7(10(12)14-2)5-9(8)15-6-11/h3-5,11H,6H2,1-2H3. The number of aliphatic hydroxyl groups is 1. The lowest BCUT2D eigenvalue weighted by molar-refractivity contribution is 0.0597. The van der Waals surface area contributed by atoms with Crippen molar-refractivity contribution in [3.05, 3.63) is 23.8 Å². The molecule has 82 valence electrons. The Kier molecular flexibility index (Phi) is 3.93. The van der Waals surface area contributed by atoms with Crippen LogP contribution < -0.4 is 9.47 Å². The summed E-state index contributed by atoms with van der Waals surface area (Å²) in [6, 6.07) is 4.56. The first-order valence-electron chi connectivity index (χ1n) is 4.23. The fourth-order valence-electron chi connectivity index (χ4n) is 1.10. The monoisotopic (exact) mass is 212 g/mol. The zero-order chi connectivity index (χ0) is 11.3. The second-order valence-electron chi connectivity index (χ2n) is 2.63. The van der Waals surface area contributed by atoms with Gasteiger partial charge in [0.25, 0.3) is 0 Å². The average Bonchev–Trinajstić information content (AvgIpc) is 2.28. The van der Waals surface area contributed by atoms with Gasteiger partial charge in [0.15, 0.2) is 18.3 Å². The van der Waals surface area contributed by atoms with E-state index in [-0.39, 0.29) is 0 Å². The summed E-state index contributed by atoms with van der Waals surface area (Å²) in [6.07, 6.45) is 0. The van der Waals surface area contributed by atoms with Gasteiger partial charge < -0.3 is 19.3 Å². The van der Waals surface area contributed by atoms with Crippen LogP contribution in [0.3, 0.4) is 0 Å². The van der Waals surface area contributed by atoms with E-state index in [2.05, 4.69) is 4.74 Å². The van der Waals surface area contributed by atoms with E-state index in [0.717, 1.165) is 0 Å². The first-order chi connectivity index (χ1) is 7.22. The highest BCUT2D eigenvalue weighted by Crippen LogP contribution is 2.28. The van der Waals surface area contributed by atoms with Gasteiger partial charge in [0.05, 0.1) is 19.8 Å². The molecule has 0 saturated heterocycles. The van der Waals surface area contributed by atoms with Crippen LogP contribution in [0.2, 0.25) is 0 Å². The van der Waals surface area contributed by atoms with Crippen LogP contribution in [-0.2, 0) is 4.74 Å². The van der Waals surface area contributed by atoms with Crippen LogP contribution in [0, 0.1) is 0 Å². The highest BCUT2D eigenvalue weighted by atomic mass is 16.6. The lowest BCUT2D eigenvalue weighted by Crippen LogP contribution is -2.03. The van der Waals surface area contributed by atoms with Gasteiger partial charge in [-0.3, -0.25) is 0 Å². The van der Waals surface area contributed by atoms with E-state index in [0.29, 0.717) is 17.1 Å². The molecule has 0 aromatic heterocycles. The summed E-state index contributed by atoms with van der Waals surface area (Å²) in [5.74, 6) is 0.264. The van der Waals surface area contributed by atoms with E-state index >= 15 is 0 Å². The Morgan fingerprint density at radius 3 is 2.60 bits per heavy atom. The molecule has 0 radical (unpaired) electrons. The van der Waals surface area contributed by atoms with Crippen molar-refractivity contribution >= 4 is 5.97 Å². The fraction of sp³-hybridized carbons (Fsp3) is 0.300. The number of ether oxygens (including phenoxy) is 3. The summed E-state index contributed by atoms with van der Waals surface area (Å²) in [7, 11) is 2.76. The van der Waals surface area contributed by atoms with Crippen LogP contribution in [0.1, 0.15) is 10.4 Å². The molecule has 1 rings (SSSR count). The first-order valence-corrected chi connectivity index (χ1v) is 4.23. The van der Waals surface area contributed by atoms with E-state index in [1.807, 2.05) is 0 Å². The molecule has 0 atom stereocenters. The van der Waals surface area contributed by atoms with Gasteiger partial charge in [-0.2, -0.15) is 0 Å². The molecule has 0 amide bonds. The number of hydrogen-bond acceptors (Lipinski definition) is 5. The summed E-state index contributed by atoms with van der Waals surface area (Å²) in [6.45, 7) is -0.485.